The van der Waals surface area contributed by atoms with Crippen molar-refractivity contribution in [3.63, 3.8) is 0 Å². The standard InChI is InChI=1S/C17H22.C14H20.C13H18.C12H16.C12H18.C11H16.C10H14.C9H12.8CH4/c1-11-4-2-3-5-16(11)17-14-7-12-6-13(9-14)10-15(17)8-12;1-11-8-9-12(2)14(10-11)13-6-4-3-5-7-13;1-10-7-8-11(2)13(9-10)12-5-3-4-6-12;1-9-6-7-10(2)12(8-9)11-4-3-5-11;1-9-6-7-10(2)11(8-9)12(3,4)5;1-8(2)11-7-9(3)5-6-10(11)4;1-4-10-7-8(2)5-6-9(10)3;1-7-4-5-8(2)9(3)6-7;;;;;;;;/h2-5,12-15,17H,6-10H2,1H3;8-10,13H,3-7H2,1-2H3;7-9,12H,3-6H2,1-2H3;6-8,11H,3-5H2,1-2H3;6-8H,1-5H3;5-8H,1-4H3;5-7H,4H2,1-3H3;4-6H,1-3H3;8*1H4. The van der Waals surface area contributed by atoms with Crippen LogP contribution in [0.5, 0.6) is 0 Å². The normalized spacial score (nSPS) is 17.7. The highest BCUT2D eigenvalue weighted by molar-refractivity contribution is 5.39. The Morgan fingerprint density at radius 1 is 0.302 bits per heavy atom. The summed E-state index contributed by atoms with van der Waals surface area (Å²) in [7, 11) is 0. The van der Waals surface area contributed by atoms with Crippen LogP contribution in [0.2, 0.25) is 0 Å². The molecule has 7 saturated carbocycles. The zero-order valence-corrected chi connectivity index (χ0v) is 66.4. The second kappa shape index (κ2) is 49.0. The summed E-state index contributed by atoms with van der Waals surface area (Å²) in [5, 5.41) is 0. The highest BCUT2D eigenvalue weighted by Crippen LogP contribution is 2.60. The zero-order valence-electron chi connectivity index (χ0n) is 66.4. The third kappa shape index (κ3) is 30.7. The van der Waals surface area contributed by atoms with Gasteiger partial charge in [-0.15, -0.1) is 0 Å². The van der Waals surface area contributed by atoms with Crippen molar-refractivity contribution in [2.45, 2.75) is 362 Å². The largest absolute Gasteiger partial charge is 0.0776 e. The van der Waals surface area contributed by atoms with Crippen LogP contribution in [0.4, 0.5) is 0 Å². The van der Waals surface area contributed by atoms with Gasteiger partial charge in [0.05, 0.1) is 0 Å². The Bertz CT molecular complexity index is 3710. The van der Waals surface area contributed by atoms with Crippen LogP contribution in [0.1, 0.15) is 368 Å². The molecule has 4 bridgehead atoms. The van der Waals surface area contributed by atoms with Gasteiger partial charge in [0.15, 0.2) is 0 Å². The van der Waals surface area contributed by atoms with E-state index < -0.39 is 0 Å². The van der Waals surface area contributed by atoms with Gasteiger partial charge < -0.3 is 0 Å². The molecule has 7 aliphatic carbocycles. The molecule has 592 valence electrons. The van der Waals surface area contributed by atoms with Gasteiger partial charge >= 0.3 is 0 Å². The van der Waals surface area contributed by atoms with Crippen molar-refractivity contribution in [2.24, 2.45) is 23.7 Å². The lowest BCUT2D eigenvalue weighted by Gasteiger charge is -2.55. The second-order valence-electron chi connectivity index (χ2n) is 33.3. The molecular weight excluding hydrogens is 1270 g/mol. The average Bonchev–Trinajstić information content (AvgIpc) is 0.774. The Balaban J connectivity index is 0. The van der Waals surface area contributed by atoms with E-state index in [0.717, 1.165) is 53.8 Å². The van der Waals surface area contributed by atoms with Gasteiger partial charge in [-0.05, 0) is 336 Å². The van der Waals surface area contributed by atoms with Crippen molar-refractivity contribution in [3.8, 4) is 0 Å². The third-order valence-electron chi connectivity index (χ3n) is 23.3. The van der Waals surface area contributed by atoms with E-state index in [1.54, 1.807) is 28.7 Å². The number of benzene rings is 8. The van der Waals surface area contributed by atoms with Crippen LogP contribution in [0.25, 0.3) is 0 Å². The maximum atomic E-state index is 2.41. The van der Waals surface area contributed by atoms with E-state index in [4.69, 9.17) is 0 Å². The Morgan fingerprint density at radius 3 is 0.972 bits per heavy atom. The van der Waals surface area contributed by atoms with Crippen LogP contribution in [-0.4, -0.2) is 0 Å². The molecule has 0 unspecified atom stereocenters. The van der Waals surface area contributed by atoms with Crippen LogP contribution in [0.15, 0.2) is 152 Å². The molecule has 7 aliphatic rings. The summed E-state index contributed by atoms with van der Waals surface area (Å²) in [6.07, 6.45) is 25.9. The van der Waals surface area contributed by atoms with Crippen molar-refractivity contribution < 1.29 is 0 Å². The summed E-state index contributed by atoms with van der Waals surface area (Å²) in [4.78, 5) is 0. The first-order chi connectivity index (χ1) is 46.6. The van der Waals surface area contributed by atoms with Gasteiger partial charge in [-0.25, -0.2) is 0 Å². The highest BCUT2D eigenvalue weighted by atomic mass is 14.5. The zero-order chi connectivity index (χ0) is 71.4. The van der Waals surface area contributed by atoms with Crippen LogP contribution in [-0.2, 0) is 11.8 Å². The molecule has 0 aliphatic heterocycles. The van der Waals surface area contributed by atoms with E-state index >= 15 is 0 Å². The molecule has 0 heteroatoms. The summed E-state index contributed by atoms with van der Waals surface area (Å²) in [5.41, 5.74) is 33.8. The van der Waals surface area contributed by atoms with Gasteiger partial charge in [-0.3, -0.25) is 0 Å². The molecule has 0 radical (unpaired) electrons. The number of hydrogen-bond acceptors (Lipinski definition) is 0. The van der Waals surface area contributed by atoms with Gasteiger partial charge in [0.25, 0.3) is 0 Å². The van der Waals surface area contributed by atoms with Gasteiger partial charge in [0.1, 0.15) is 0 Å². The fourth-order valence-electron chi connectivity index (χ4n) is 17.4. The lowest BCUT2D eigenvalue weighted by atomic mass is 9.50. The van der Waals surface area contributed by atoms with Crippen molar-refractivity contribution in [1.82, 2.24) is 0 Å². The van der Waals surface area contributed by atoms with E-state index in [-0.39, 0.29) is 64.8 Å². The number of rotatable bonds is 6. The molecular formula is C106H168. The van der Waals surface area contributed by atoms with Crippen LogP contribution < -0.4 is 0 Å². The quantitative estimate of drug-likeness (QED) is 0.156. The fraction of sp³-hybridized carbons (Fsp3) is 0.547. The Hall–Kier alpha value is -6.24. The first-order valence-corrected chi connectivity index (χ1v) is 39.1. The SMILES string of the molecule is C.C.C.C.C.C.C.C.CCc1cc(C)ccc1C.Cc1ccc(C)c(C(C)(C)C)c1.Cc1ccc(C)c(C(C)C)c1.Cc1ccc(C)c(C)c1.Cc1ccc(C)c(C2CCC2)c1.Cc1ccc(C)c(C2CCCC2)c1.Cc1ccc(C)c(C2CCCCC2)c1.Cc1ccccc1C1C2CC3CC(C2)CC1C3. The van der Waals surface area contributed by atoms with E-state index in [1.165, 1.54) is 208 Å². The van der Waals surface area contributed by atoms with Crippen molar-refractivity contribution in [3.05, 3.63) is 280 Å². The minimum Gasteiger partial charge on any atom is -0.0776 e. The summed E-state index contributed by atoms with van der Waals surface area (Å²) >= 11 is 0. The Morgan fingerprint density at radius 2 is 0.632 bits per heavy atom. The third-order valence-corrected chi connectivity index (χ3v) is 23.3. The number of hydrogen-bond donors (Lipinski definition) is 0. The van der Waals surface area contributed by atoms with Gasteiger partial charge in [0, 0.05) is 0 Å². The second-order valence-corrected chi connectivity index (χ2v) is 33.3. The molecule has 8 aromatic rings. The molecule has 8 aromatic carbocycles. The molecule has 15 rings (SSSR count). The number of aryl methyl sites for hydroxylation is 17. The van der Waals surface area contributed by atoms with Crippen molar-refractivity contribution in [2.75, 3.05) is 0 Å². The maximum Gasteiger partial charge on any atom is -0.0102 e. The molecule has 0 nitrogen and oxygen atoms in total. The fourth-order valence-corrected chi connectivity index (χ4v) is 17.4. The predicted molar refractivity (Wildman–Crippen MR) is 487 cm³/mol. The maximum absolute atomic E-state index is 2.41. The lowest BCUT2D eigenvalue weighted by molar-refractivity contribution is -0.00297. The first-order valence-electron chi connectivity index (χ1n) is 39.1. The van der Waals surface area contributed by atoms with Crippen LogP contribution in [0.3, 0.4) is 0 Å². The minimum absolute atomic E-state index is 0. The molecule has 0 saturated heterocycles. The van der Waals surface area contributed by atoms with Crippen LogP contribution >= 0.6 is 0 Å². The summed E-state index contributed by atoms with van der Waals surface area (Å²) in [5.74, 6) is 8.38. The summed E-state index contributed by atoms with van der Waals surface area (Å²) < 4.78 is 0. The Kier molecular flexibility index (Phi) is 47.1. The van der Waals surface area contributed by atoms with Crippen molar-refractivity contribution in [1.29, 1.82) is 0 Å². The molecule has 0 aromatic heterocycles. The molecule has 0 spiro atoms. The van der Waals surface area contributed by atoms with Crippen LogP contribution in [0, 0.1) is 134 Å². The molecule has 0 N–H and O–H groups in total. The van der Waals surface area contributed by atoms with Gasteiger partial charge in [-0.1, -0.05) is 330 Å². The highest BCUT2D eigenvalue weighted by Gasteiger charge is 2.48. The molecule has 7 fully saturated rings. The minimum atomic E-state index is 0. The van der Waals surface area contributed by atoms with E-state index in [1.807, 2.05) is 0 Å². The predicted octanol–water partition coefficient (Wildman–Crippen LogP) is 34.0. The molecule has 0 heterocycles. The van der Waals surface area contributed by atoms with E-state index in [2.05, 4.69) is 304 Å². The van der Waals surface area contributed by atoms with E-state index in [9.17, 15) is 0 Å². The summed E-state index contributed by atoms with van der Waals surface area (Å²) in [6.45, 7) is 48.4. The monoisotopic (exact) mass is 1440 g/mol. The molecule has 0 atom stereocenters. The van der Waals surface area contributed by atoms with Crippen molar-refractivity contribution >= 4 is 0 Å². The van der Waals surface area contributed by atoms with Gasteiger partial charge in [0.2, 0.25) is 0 Å². The average molecular weight is 1440 g/mol. The van der Waals surface area contributed by atoms with E-state index in [0.29, 0.717) is 5.92 Å². The summed E-state index contributed by atoms with van der Waals surface area (Å²) in [6, 6.07) is 56.1. The molecule has 0 amide bonds. The lowest BCUT2D eigenvalue weighted by Crippen LogP contribution is -2.43. The smallest absolute Gasteiger partial charge is 0.0102 e. The van der Waals surface area contributed by atoms with Gasteiger partial charge in [-0.2, -0.15) is 0 Å². The first kappa shape index (κ1) is 102. The Labute approximate surface area is 661 Å². The topological polar surface area (TPSA) is 0 Å². The molecule has 106 heavy (non-hydrogen) atoms.